The minimum Gasteiger partial charge on any atom is -0.493 e. The maximum Gasteiger partial charge on any atom is 0.180 e. The molecule has 0 saturated carbocycles. The maximum atomic E-state index is 5.79. The summed E-state index contributed by atoms with van der Waals surface area (Å²) in [5.41, 5.74) is 2.03. The largest absolute Gasteiger partial charge is 0.493 e. The van der Waals surface area contributed by atoms with Crippen LogP contribution in [0.15, 0.2) is 35.3 Å². The van der Waals surface area contributed by atoms with Crippen LogP contribution in [0.5, 0.6) is 11.5 Å². The minimum absolute atomic E-state index is 0.631. The van der Waals surface area contributed by atoms with E-state index < -0.39 is 0 Å². The van der Waals surface area contributed by atoms with Crippen molar-refractivity contribution < 1.29 is 13.9 Å². The smallest absolute Gasteiger partial charge is 0.180 e. The summed E-state index contributed by atoms with van der Waals surface area (Å²) < 4.78 is 16.1. The molecule has 5 nitrogen and oxygen atoms in total. The monoisotopic (exact) mass is 304 g/mol. The van der Waals surface area contributed by atoms with Crippen LogP contribution in [0.3, 0.4) is 0 Å². The first kappa shape index (κ1) is 16.4. The van der Waals surface area contributed by atoms with E-state index in [-0.39, 0.29) is 0 Å². The van der Waals surface area contributed by atoms with Crippen LogP contribution in [0.1, 0.15) is 31.5 Å². The highest BCUT2D eigenvalue weighted by atomic mass is 16.5. The molecule has 0 spiro atoms. The molecule has 0 fully saturated rings. The Morgan fingerprint density at radius 2 is 2.09 bits per heavy atom. The lowest BCUT2D eigenvalue weighted by Crippen LogP contribution is -2.13. The van der Waals surface area contributed by atoms with Gasteiger partial charge < -0.3 is 19.2 Å². The number of hydrogen-bond donors (Lipinski definition) is 1. The first-order valence-electron chi connectivity index (χ1n) is 7.56. The van der Waals surface area contributed by atoms with Gasteiger partial charge in [-0.25, -0.2) is 4.98 Å². The molecule has 0 aliphatic rings. The zero-order valence-electron chi connectivity index (χ0n) is 13.5. The summed E-state index contributed by atoms with van der Waals surface area (Å²) in [6.07, 6.45) is 4.10. The van der Waals surface area contributed by atoms with Crippen molar-refractivity contribution in [2.75, 3.05) is 13.7 Å². The molecule has 22 heavy (non-hydrogen) atoms. The van der Waals surface area contributed by atoms with E-state index in [0.717, 1.165) is 35.7 Å². The third-order valence-electron chi connectivity index (χ3n) is 3.30. The molecule has 1 aromatic heterocycles. The fourth-order valence-electron chi connectivity index (χ4n) is 2.01. The highest BCUT2D eigenvalue weighted by Crippen LogP contribution is 2.28. The Labute approximate surface area is 131 Å². The summed E-state index contributed by atoms with van der Waals surface area (Å²) >= 11 is 0. The number of nitrogens with zero attached hydrogens (tertiary/aromatic N) is 1. The molecule has 0 amide bonds. The van der Waals surface area contributed by atoms with Gasteiger partial charge in [-0.1, -0.05) is 19.9 Å². The van der Waals surface area contributed by atoms with Gasteiger partial charge in [0.15, 0.2) is 17.9 Å². The van der Waals surface area contributed by atoms with Crippen molar-refractivity contribution in [3.8, 4) is 11.5 Å². The predicted octanol–water partition coefficient (Wildman–Crippen LogP) is 3.40. The molecule has 5 heteroatoms. The van der Waals surface area contributed by atoms with Crippen molar-refractivity contribution in [3.63, 3.8) is 0 Å². The third kappa shape index (κ3) is 5.07. The zero-order valence-corrected chi connectivity index (χ0v) is 13.5. The average Bonchev–Trinajstić information content (AvgIpc) is 3.01. The Morgan fingerprint density at radius 3 is 2.77 bits per heavy atom. The average molecular weight is 304 g/mol. The second-order valence-corrected chi connectivity index (χ2v) is 5.60. The minimum atomic E-state index is 0.631. The van der Waals surface area contributed by atoms with E-state index in [4.69, 9.17) is 13.9 Å². The highest BCUT2D eigenvalue weighted by molar-refractivity contribution is 5.42. The topological polar surface area (TPSA) is 56.5 Å². The van der Waals surface area contributed by atoms with Crippen molar-refractivity contribution in [1.82, 2.24) is 10.3 Å². The summed E-state index contributed by atoms with van der Waals surface area (Å²) in [5.74, 6) is 2.19. The zero-order chi connectivity index (χ0) is 15.8. The van der Waals surface area contributed by atoms with E-state index >= 15 is 0 Å². The van der Waals surface area contributed by atoms with Gasteiger partial charge in [0.2, 0.25) is 0 Å². The first-order valence-corrected chi connectivity index (χ1v) is 7.56. The predicted molar refractivity (Wildman–Crippen MR) is 85.0 cm³/mol. The normalized spacial score (nSPS) is 10.9. The molecule has 0 aliphatic heterocycles. The summed E-state index contributed by atoms with van der Waals surface area (Å²) in [6, 6.07) is 6.01. The number of ether oxygens (including phenoxy) is 2. The Balaban J connectivity index is 1.87. The molecule has 0 radical (unpaired) electrons. The van der Waals surface area contributed by atoms with E-state index in [9.17, 15) is 0 Å². The number of rotatable bonds is 9. The van der Waals surface area contributed by atoms with Crippen LogP contribution < -0.4 is 14.8 Å². The van der Waals surface area contributed by atoms with Gasteiger partial charge in [0.05, 0.1) is 19.4 Å². The van der Waals surface area contributed by atoms with Crippen LogP contribution >= 0.6 is 0 Å². The Kier molecular flexibility index (Phi) is 6.27. The van der Waals surface area contributed by atoms with Gasteiger partial charge in [0, 0.05) is 13.1 Å². The van der Waals surface area contributed by atoms with Crippen molar-refractivity contribution in [2.45, 2.75) is 33.4 Å². The van der Waals surface area contributed by atoms with Crippen LogP contribution in [0.2, 0.25) is 0 Å². The second kappa shape index (κ2) is 8.44. The summed E-state index contributed by atoms with van der Waals surface area (Å²) in [4.78, 5) is 4.07. The Morgan fingerprint density at radius 1 is 1.23 bits per heavy atom. The molecular weight excluding hydrogens is 280 g/mol. The van der Waals surface area contributed by atoms with Gasteiger partial charge in [0.25, 0.3) is 0 Å². The third-order valence-corrected chi connectivity index (χ3v) is 3.30. The van der Waals surface area contributed by atoms with Gasteiger partial charge in [-0.2, -0.15) is 0 Å². The Bertz CT molecular complexity index is 553. The molecule has 0 atom stereocenters. The van der Waals surface area contributed by atoms with Gasteiger partial charge in [-0.05, 0) is 30.0 Å². The molecule has 1 heterocycles. The van der Waals surface area contributed by atoms with Crippen LogP contribution in [-0.2, 0) is 13.1 Å². The quantitative estimate of drug-likeness (QED) is 0.769. The summed E-state index contributed by atoms with van der Waals surface area (Å²) in [7, 11) is 1.66. The van der Waals surface area contributed by atoms with Crippen LogP contribution in [-0.4, -0.2) is 18.7 Å². The van der Waals surface area contributed by atoms with Crippen LogP contribution in [0, 0.1) is 5.92 Å². The lowest BCUT2D eigenvalue weighted by atomic mass is 10.1. The highest BCUT2D eigenvalue weighted by Gasteiger charge is 2.06. The number of hydrogen-bond acceptors (Lipinski definition) is 5. The molecule has 1 N–H and O–H groups in total. The van der Waals surface area contributed by atoms with E-state index in [1.807, 2.05) is 18.2 Å². The molecule has 2 rings (SSSR count). The summed E-state index contributed by atoms with van der Waals surface area (Å²) in [6.45, 7) is 6.48. The standard InChI is InChI=1S/C17H24N2O3/c1-13(2)6-7-22-16-5-4-14(8-17(16)20-3)9-18-10-15-11-21-12-19-15/h4-5,8,11-13,18H,6-7,9-10H2,1-3H3. The molecule has 1 aromatic carbocycles. The fourth-order valence-corrected chi connectivity index (χ4v) is 2.01. The van der Waals surface area contributed by atoms with E-state index in [2.05, 4.69) is 24.1 Å². The number of nitrogens with one attached hydrogen (secondary N) is 1. The van der Waals surface area contributed by atoms with Crippen LogP contribution in [0.25, 0.3) is 0 Å². The molecule has 0 bridgehead atoms. The molecule has 120 valence electrons. The van der Waals surface area contributed by atoms with Crippen molar-refractivity contribution in [2.24, 2.45) is 5.92 Å². The summed E-state index contributed by atoms with van der Waals surface area (Å²) in [5, 5.41) is 3.31. The molecular formula is C17H24N2O3. The van der Waals surface area contributed by atoms with Gasteiger partial charge in [0.1, 0.15) is 6.26 Å². The van der Waals surface area contributed by atoms with E-state index in [1.54, 1.807) is 13.4 Å². The van der Waals surface area contributed by atoms with Gasteiger partial charge >= 0.3 is 0 Å². The van der Waals surface area contributed by atoms with Crippen molar-refractivity contribution >= 4 is 0 Å². The van der Waals surface area contributed by atoms with Crippen molar-refractivity contribution in [1.29, 1.82) is 0 Å². The Hall–Kier alpha value is -2.01. The van der Waals surface area contributed by atoms with Crippen molar-refractivity contribution in [3.05, 3.63) is 42.1 Å². The second-order valence-electron chi connectivity index (χ2n) is 5.60. The molecule has 0 saturated heterocycles. The SMILES string of the molecule is COc1cc(CNCc2cocn2)ccc1OCCC(C)C. The number of methoxy groups -OCH3 is 1. The lowest BCUT2D eigenvalue weighted by Gasteiger charge is -2.13. The van der Waals surface area contributed by atoms with Crippen LogP contribution in [0.4, 0.5) is 0 Å². The van der Waals surface area contributed by atoms with E-state index in [1.165, 1.54) is 6.39 Å². The number of benzene rings is 1. The lowest BCUT2D eigenvalue weighted by molar-refractivity contribution is 0.273. The number of aromatic nitrogens is 1. The fraction of sp³-hybridized carbons (Fsp3) is 0.471. The van der Waals surface area contributed by atoms with Gasteiger partial charge in [-0.15, -0.1) is 0 Å². The number of oxazole rings is 1. The van der Waals surface area contributed by atoms with E-state index in [0.29, 0.717) is 19.1 Å². The molecule has 0 unspecified atom stereocenters. The van der Waals surface area contributed by atoms with Gasteiger partial charge in [-0.3, -0.25) is 0 Å². The molecule has 2 aromatic rings. The maximum absolute atomic E-state index is 5.79. The molecule has 0 aliphatic carbocycles. The first-order chi connectivity index (χ1) is 10.7.